The number of amides is 1. The van der Waals surface area contributed by atoms with E-state index in [1.807, 2.05) is 17.5 Å². The number of aryl methyl sites for hydroxylation is 1. The molecule has 2 aromatic rings. The van der Waals surface area contributed by atoms with Crippen molar-refractivity contribution in [2.75, 3.05) is 18.4 Å². The van der Waals surface area contributed by atoms with Crippen molar-refractivity contribution in [3.8, 4) is 0 Å². The van der Waals surface area contributed by atoms with Gasteiger partial charge in [-0.05, 0) is 47.4 Å². The van der Waals surface area contributed by atoms with Gasteiger partial charge >= 0.3 is 12.1 Å². The Bertz CT molecular complexity index is 787. The molecular weight excluding hydrogens is 373 g/mol. The van der Waals surface area contributed by atoms with E-state index in [0.29, 0.717) is 19.4 Å². The van der Waals surface area contributed by atoms with Crippen LogP contribution in [0.15, 0.2) is 29.6 Å². The molecule has 0 radical (unpaired) electrons. The second-order valence-corrected chi connectivity index (χ2v) is 7.74. The normalized spacial score (nSPS) is 14.6. The van der Waals surface area contributed by atoms with E-state index >= 15 is 0 Å². The summed E-state index contributed by atoms with van der Waals surface area (Å²) in [7, 11) is 0. The van der Waals surface area contributed by atoms with Gasteiger partial charge in [-0.25, -0.2) is 0 Å². The fourth-order valence-electron chi connectivity index (χ4n) is 3.54. The number of carbonyl (C=O) groups excluding carboxylic acids is 1. The fraction of sp³-hybridized carbons (Fsp3) is 0.450. The van der Waals surface area contributed by atoms with Gasteiger partial charge in [-0.2, -0.15) is 13.2 Å². The van der Waals surface area contributed by atoms with Gasteiger partial charge in [0.25, 0.3) is 0 Å². The molecule has 1 aromatic carbocycles. The maximum atomic E-state index is 12.8. The molecule has 1 amide bonds. The number of nitrogens with zero attached hydrogens (tertiary/aromatic N) is 1. The lowest BCUT2D eigenvalue weighted by atomic mass is 9.95. The summed E-state index contributed by atoms with van der Waals surface area (Å²) in [5, 5.41) is 5.54. The zero-order valence-electron chi connectivity index (χ0n) is 15.2. The predicted octanol–water partition coefficient (Wildman–Crippen LogP) is 4.80. The molecule has 0 aliphatic carbocycles. The molecule has 1 aliphatic heterocycles. The van der Waals surface area contributed by atoms with Crippen LogP contribution in [0.4, 0.5) is 18.9 Å². The Hall–Kier alpha value is -2.02. The standard InChI is InChI=1S/C20H23F3N2OS/c1-2-4-15-7-6-14-8-10-25(19(26)20(21,22)23)11-9-17(14)18(15)24-13-16-5-3-12-27-16/h3,5-7,12,24H,2,4,8-11,13H2,1H3. The lowest BCUT2D eigenvalue weighted by Gasteiger charge is -2.21. The summed E-state index contributed by atoms with van der Waals surface area (Å²) in [6.07, 6.45) is -2.04. The van der Waals surface area contributed by atoms with Gasteiger partial charge in [-0.15, -0.1) is 11.3 Å². The van der Waals surface area contributed by atoms with Crippen molar-refractivity contribution in [3.63, 3.8) is 0 Å². The highest BCUT2D eigenvalue weighted by atomic mass is 32.1. The van der Waals surface area contributed by atoms with Crippen molar-refractivity contribution in [3.05, 3.63) is 51.2 Å². The number of carbonyl (C=O) groups is 1. The third-order valence-electron chi connectivity index (χ3n) is 4.85. The van der Waals surface area contributed by atoms with Crippen LogP contribution in [0.1, 0.15) is 34.9 Å². The van der Waals surface area contributed by atoms with Crippen LogP contribution in [0.25, 0.3) is 0 Å². The maximum Gasteiger partial charge on any atom is 0.471 e. The Morgan fingerprint density at radius 1 is 1.22 bits per heavy atom. The molecule has 27 heavy (non-hydrogen) atoms. The predicted molar refractivity (Wildman–Crippen MR) is 102 cm³/mol. The molecular formula is C20H23F3N2OS. The smallest absolute Gasteiger partial charge is 0.380 e. The Morgan fingerprint density at radius 2 is 2.00 bits per heavy atom. The molecule has 146 valence electrons. The van der Waals surface area contributed by atoms with Crippen molar-refractivity contribution >= 4 is 22.9 Å². The molecule has 7 heteroatoms. The van der Waals surface area contributed by atoms with E-state index in [-0.39, 0.29) is 13.1 Å². The number of nitrogens with one attached hydrogen (secondary N) is 1. The first-order valence-corrected chi connectivity index (χ1v) is 10.0. The number of fused-ring (bicyclic) bond motifs is 1. The van der Waals surface area contributed by atoms with E-state index < -0.39 is 12.1 Å². The summed E-state index contributed by atoms with van der Waals surface area (Å²) in [4.78, 5) is 13.8. The minimum Gasteiger partial charge on any atom is -0.380 e. The number of hydrogen-bond acceptors (Lipinski definition) is 3. The lowest BCUT2D eigenvalue weighted by Crippen LogP contribution is -2.42. The monoisotopic (exact) mass is 396 g/mol. The van der Waals surface area contributed by atoms with Crippen LogP contribution < -0.4 is 5.32 Å². The highest BCUT2D eigenvalue weighted by Gasteiger charge is 2.42. The fourth-order valence-corrected chi connectivity index (χ4v) is 4.19. The molecule has 0 fully saturated rings. The van der Waals surface area contributed by atoms with Crippen molar-refractivity contribution in [1.29, 1.82) is 0 Å². The van der Waals surface area contributed by atoms with Gasteiger partial charge < -0.3 is 10.2 Å². The van der Waals surface area contributed by atoms with Gasteiger partial charge in [-0.1, -0.05) is 31.5 Å². The van der Waals surface area contributed by atoms with Crippen LogP contribution in [-0.4, -0.2) is 30.1 Å². The summed E-state index contributed by atoms with van der Waals surface area (Å²) in [5.41, 5.74) is 4.29. The third kappa shape index (κ3) is 4.64. The molecule has 0 bridgehead atoms. The zero-order valence-corrected chi connectivity index (χ0v) is 16.1. The van der Waals surface area contributed by atoms with Crippen molar-refractivity contribution in [1.82, 2.24) is 4.90 Å². The van der Waals surface area contributed by atoms with E-state index in [0.717, 1.165) is 34.6 Å². The third-order valence-corrected chi connectivity index (χ3v) is 5.72. The molecule has 3 nitrogen and oxygen atoms in total. The number of benzene rings is 1. The average Bonchev–Trinajstić information content (AvgIpc) is 3.05. The Morgan fingerprint density at radius 3 is 2.67 bits per heavy atom. The summed E-state index contributed by atoms with van der Waals surface area (Å²) in [6, 6.07) is 8.14. The molecule has 0 saturated heterocycles. The van der Waals surface area contributed by atoms with Crippen LogP contribution in [0.5, 0.6) is 0 Å². The van der Waals surface area contributed by atoms with Crippen molar-refractivity contribution in [2.45, 2.75) is 45.3 Å². The second kappa shape index (κ2) is 8.33. The van der Waals surface area contributed by atoms with Gasteiger partial charge in [0.15, 0.2) is 0 Å². The minimum atomic E-state index is -4.82. The van der Waals surface area contributed by atoms with E-state index in [9.17, 15) is 18.0 Å². The van der Waals surface area contributed by atoms with Crippen LogP contribution >= 0.6 is 11.3 Å². The Kier molecular flexibility index (Phi) is 6.09. The van der Waals surface area contributed by atoms with Gasteiger partial charge in [0.1, 0.15) is 0 Å². The van der Waals surface area contributed by atoms with Crippen LogP contribution in [0.2, 0.25) is 0 Å². The molecule has 3 rings (SSSR count). The van der Waals surface area contributed by atoms with Crippen molar-refractivity contribution in [2.24, 2.45) is 0 Å². The molecule has 2 heterocycles. The number of halogens is 3. The topological polar surface area (TPSA) is 32.3 Å². The van der Waals surface area contributed by atoms with Gasteiger partial charge in [0.2, 0.25) is 0 Å². The second-order valence-electron chi connectivity index (χ2n) is 6.71. The van der Waals surface area contributed by atoms with E-state index in [2.05, 4.69) is 24.4 Å². The molecule has 0 spiro atoms. The molecule has 1 N–H and O–H groups in total. The lowest BCUT2D eigenvalue weighted by molar-refractivity contribution is -0.185. The highest BCUT2D eigenvalue weighted by molar-refractivity contribution is 7.09. The number of anilines is 1. The molecule has 0 atom stereocenters. The molecule has 0 unspecified atom stereocenters. The van der Waals surface area contributed by atoms with E-state index in [1.165, 1.54) is 10.4 Å². The van der Waals surface area contributed by atoms with Crippen LogP contribution in [0, 0.1) is 0 Å². The maximum absolute atomic E-state index is 12.8. The summed E-state index contributed by atoms with van der Waals surface area (Å²) in [6.45, 7) is 2.99. The van der Waals surface area contributed by atoms with Crippen LogP contribution in [-0.2, 0) is 30.6 Å². The quantitative estimate of drug-likeness (QED) is 0.787. The number of alkyl halides is 3. The van der Waals surface area contributed by atoms with Gasteiger partial charge in [0, 0.05) is 30.2 Å². The van der Waals surface area contributed by atoms with Gasteiger partial charge in [-0.3, -0.25) is 4.79 Å². The SMILES string of the molecule is CCCc1ccc2c(c1NCc1cccs1)CCN(C(=O)C(F)(F)F)CC2. The largest absolute Gasteiger partial charge is 0.471 e. The summed E-state index contributed by atoms with van der Waals surface area (Å²) in [5.74, 6) is -1.74. The van der Waals surface area contributed by atoms with Crippen molar-refractivity contribution < 1.29 is 18.0 Å². The van der Waals surface area contributed by atoms with Crippen LogP contribution in [0.3, 0.4) is 0 Å². The summed E-state index contributed by atoms with van der Waals surface area (Å²) < 4.78 is 38.4. The molecule has 1 aliphatic rings. The molecule has 0 saturated carbocycles. The minimum absolute atomic E-state index is 0.0919. The number of thiophene rings is 1. The Labute approximate surface area is 161 Å². The average molecular weight is 396 g/mol. The highest BCUT2D eigenvalue weighted by Crippen LogP contribution is 2.31. The number of rotatable bonds is 5. The molecule has 1 aromatic heterocycles. The Balaban J connectivity index is 1.85. The first-order valence-electron chi connectivity index (χ1n) is 9.16. The summed E-state index contributed by atoms with van der Waals surface area (Å²) >= 11 is 1.67. The number of hydrogen-bond donors (Lipinski definition) is 1. The first kappa shape index (κ1) is 19.7. The van der Waals surface area contributed by atoms with Gasteiger partial charge in [0.05, 0.1) is 0 Å². The zero-order chi connectivity index (χ0) is 19.4. The first-order chi connectivity index (χ1) is 12.9. The van der Waals surface area contributed by atoms with E-state index in [1.54, 1.807) is 11.3 Å². The van der Waals surface area contributed by atoms with E-state index in [4.69, 9.17) is 0 Å².